The van der Waals surface area contributed by atoms with E-state index in [-0.39, 0.29) is 17.5 Å². The molecule has 19 heavy (non-hydrogen) atoms. The van der Waals surface area contributed by atoms with Crippen molar-refractivity contribution in [3.63, 3.8) is 0 Å². The lowest BCUT2D eigenvalue weighted by Crippen LogP contribution is -1.96. The van der Waals surface area contributed by atoms with Gasteiger partial charge in [-0.15, -0.1) is 10.2 Å². The molecule has 9 heteroatoms. The quantitative estimate of drug-likeness (QED) is 0.527. The second-order valence-corrected chi connectivity index (χ2v) is 4.16. The highest BCUT2D eigenvalue weighted by Gasteiger charge is 2.18. The molecule has 96 valence electrons. The number of fused-ring (bicyclic) bond motifs is 1. The topological polar surface area (TPSA) is 99.4 Å². The minimum Gasteiger partial charge on any atom is -0.397 e. The fourth-order valence-corrected chi connectivity index (χ4v) is 1.73. The van der Waals surface area contributed by atoms with Crippen molar-refractivity contribution >= 4 is 23.1 Å². The number of rotatable bonds is 2. The molecule has 0 aliphatic rings. The fraction of sp³-hybridized carbons (Fsp3) is 0.100. The number of furan rings is 1. The van der Waals surface area contributed by atoms with Crippen molar-refractivity contribution in [3.05, 3.63) is 39.0 Å². The highest BCUT2D eigenvalue weighted by Crippen LogP contribution is 2.25. The molecule has 0 aromatic carbocycles. The van der Waals surface area contributed by atoms with Gasteiger partial charge in [-0.1, -0.05) is 11.6 Å². The molecule has 8 nitrogen and oxygen atoms in total. The number of nitrogens with zero attached hydrogens (tertiary/aromatic N) is 5. The van der Waals surface area contributed by atoms with Crippen molar-refractivity contribution in [2.24, 2.45) is 0 Å². The summed E-state index contributed by atoms with van der Waals surface area (Å²) >= 11 is 5.93. The van der Waals surface area contributed by atoms with Crippen LogP contribution in [0.5, 0.6) is 0 Å². The van der Waals surface area contributed by atoms with Crippen LogP contribution in [0.1, 0.15) is 5.56 Å². The number of nitro groups is 1. The van der Waals surface area contributed by atoms with Crippen LogP contribution in [-0.2, 0) is 0 Å². The number of aryl methyl sites for hydroxylation is 1. The van der Waals surface area contributed by atoms with E-state index in [4.69, 9.17) is 16.0 Å². The lowest BCUT2D eigenvalue weighted by atomic mass is 10.3. The predicted octanol–water partition coefficient (Wildman–Crippen LogP) is 2.25. The Morgan fingerprint density at radius 3 is 2.89 bits per heavy atom. The van der Waals surface area contributed by atoms with E-state index in [1.54, 1.807) is 13.0 Å². The molecule has 0 saturated heterocycles. The minimum atomic E-state index is -0.628. The zero-order valence-electron chi connectivity index (χ0n) is 9.57. The second-order valence-electron chi connectivity index (χ2n) is 3.81. The average Bonchev–Trinajstić information content (AvgIpc) is 2.96. The highest BCUT2D eigenvalue weighted by molar-refractivity contribution is 6.30. The summed E-state index contributed by atoms with van der Waals surface area (Å²) in [6.45, 7) is 1.79. The van der Waals surface area contributed by atoms with Crippen LogP contribution in [0.3, 0.4) is 0 Å². The van der Waals surface area contributed by atoms with Crippen LogP contribution in [0.2, 0.25) is 5.15 Å². The summed E-state index contributed by atoms with van der Waals surface area (Å²) in [6.07, 6.45) is 0. The number of aromatic nitrogens is 4. The minimum absolute atomic E-state index is 0.201. The monoisotopic (exact) mass is 279 g/mol. The Morgan fingerprint density at radius 1 is 1.42 bits per heavy atom. The second kappa shape index (κ2) is 4.02. The molecule has 0 spiro atoms. The van der Waals surface area contributed by atoms with Crippen LogP contribution in [0.25, 0.3) is 17.2 Å². The van der Waals surface area contributed by atoms with Gasteiger partial charge in [0.15, 0.2) is 16.6 Å². The lowest BCUT2D eigenvalue weighted by molar-refractivity contribution is -0.401. The van der Waals surface area contributed by atoms with E-state index in [1.165, 1.54) is 16.6 Å². The van der Waals surface area contributed by atoms with E-state index in [0.29, 0.717) is 10.8 Å². The molecule has 0 bridgehead atoms. The van der Waals surface area contributed by atoms with Crippen molar-refractivity contribution in [2.75, 3.05) is 0 Å². The maximum atomic E-state index is 10.6. The standard InChI is InChI=1S/C10H6ClN5O3/c1-5-4-7-12-13-10(15(7)14-9(5)11)6-2-3-8(19-6)16(17)18/h2-4H,1H3. The van der Waals surface area contributed by atoms with Gasteiger partial charge in [-0.25, -0.2) is 0 Å². The summed E-state index contributed by atoms with van der Waals surface area (Å²) < 4.78 is 6.44. The molecule has 0 aliphatic carbocycles. The van der Waals surface area contributed by atoms with Gasteiger partial charge in [-0.3, -0.25) is 10.1 Å². The molecule has 3 aromatic heterocycles. The molecule has 0 N–H and O–H groups in total. The summed E-state index contributed by atoms with van der Waals surface area (Å²) in [5.74, 6) is 0.0848. The lowest BCUT2D eigenvalue weighted by Gasteiger charge is -1.98. The van der Waals surface area contributed by atoms with Gasteiger partial charge in [0.05, 0.1) is 6.07 Å². The van der Waals surface area contributed by atoms with E-state index < -0.39 is 4.92 Å². The first-order valence-corrected chi connectivity index (χ1v) is 5.57. The van der Waals surface area contributed by atoms with Gasteiger partial charge >= 0.3 is 5.88 Å². The van der Waals surface area contributed by atoms with Gasteiger partial charge in [0, 0.05) is 0 Å². The third kappa shape index (κ3) is 1.82. The zero-order valence-corrected chi connectivity index (χ0v) is 10.3. The van der Waals surface area contributed by atoms with Gasteiger partial charge in [0.25, 0.3) is 0 Å². The van der Waals surface area contributed by atoms with Crippen LogP contribution >= 0.6 is 11.6 Å². The van der Waals surface area contributed by atoms with E-state index in [1.807, 2.05) is 0 Å². The van der Waals surface area contributed by atoms with E-state index in [2.05, 4.69) is 15.3 Å². The molecule has 0 radical (unpaired) electrons. The Balaban J connectivity index is 2.19. The van der Waals surface area contributed by atoms with Crippen LogP contribution in [0, 0.1) is 17.0 Å². The van der Waals surface area contributed by atoms with Crippen molar-refractivity contribution in [1.29, 1.82) is 0 Å². The maximum Gasteiger partial charge on any atom is 0.433 e. The van der Waals surface area contributed by atoms with Crippen LogP contribution in [0.15, 0.2) is 22.6 Å². The van der Waals surface area contributed by atoms with Crippen LogP contribution in [0.4, 0.5) is 5.88 Å². The smallest absolute Gasteiger partial charge is 0.397 e. The number of hydrogen-bond donors (Lipinski definition) is 0. The average molecular weight is 280 g/mol. The number of halogens is 1. The summed E-state index contributed by atoms with van der Waals surface area (Å²) in [4.78, 5) is 9.95. The molecule has 0 unspecified atom stereocenters. The van der Waals surface area contributed by atoms with Crippen molar-refractivity contribution in [2.45, 2.75) is 6.92 Å². The van der Waals surface area contributed by atoms with E-state index >= 15 is 0 Å². The zero-order chi connectivity index (χ0) is 13.6. The molecule has 0 aliphatic heterocycles. The van der Waals surface area contributed by atoms with E-state index in [0.717, 1.165) is 5.56 Å². The SMILES string of the molecule is Cc1cc2nnc(-c3ccc([N+](=O)[O-])o3)n2nc1Cl. The Morgan fingerprint density at radius 2 is 2.21 bits per heavy atom. The normalized spacial score (nSPS) is 11.1. The first kappa shape index (κ1) is 11.6. The Labute approximate surface area is 110 Å². The first-order chi connectivity index (χ1) is 9.06. The van der Waals surface area contributed by atoms with Gasteiger partial charge in [-0.2, -0.15) is 9.61 Å². The highest BCUT2D eigenvalue weighted by atomic mass is 35.5. The summed E-state index contributed by atoms with van der Waals surface area (Å²) in [6, 6.07) is 4.39. The van der Waals surface area contributed by atoms with Gasteiger partial charge in [0.2, 0.25) is 5.82 Å². The Kier molecular flexibility index (Phi) is 2.46. The molecule has 0 amide bonds. The van der Waals surface area contributed by atoms with Crippen LogP contribution in [-0.4, -0.2) is 24.7 Å². The van der Waals surface area contributed by atoms with Crippen molar-refractivity contribution in [1.82, 2.24) is 19.8 Å². The molecule has 3 heterocycles. The maximum absolute atomic E-state index is 10.6. The summed E-state index contributed by atoms with van der Waals surface area (Å²) in [7, 11) is 0. The van der Waals surface area contributed by atoms with Crippen LogP contribution < -0.4 is 0 Å². The summed E-state index contributed by atoms with van der Waals surface area (Å²) in [5, 5.41) is 22.8. The molecule has 0 saturated carbocycles. The Hall–Kier alpha value is -2.48. The van der Waals surface area contributed by atoms with Gasteiger partial charge in [0.1, 0.15) is 4.92 Å². The molecular weight excluding hydrogens is 274 g/mol. The van der Waals surface area contributed by atoms with Gasteiger partial charge < -0.3 is 4.42 Å². The third-order valence-corrected chi connectivity index (χ3v) is 2.89. The molecule has 3 aromatic rings. The molecule has 0 fully saturated rings. The summed E-state index contributed by atoms with van der Waals surface area (Å²) in [5.41, 5.74) is 1.24. The molecular formula is C10H6ClN5O3. The Bertz CT molecular complexity index is 794. The molecule has 3 rings (SSSR count). The third-order valence-electron chi connectivity index (χ3n) is 2.52. The van der Waals surface area contributed by atoms with E-state index in [9.17, 15) is 10.1 Å². The fourth-order valence-electron chi connectivity index (χ4n) is 1.60. The predicted molar refractivity (Wildman–Crippen MR) is 64.9 cm³/mol. The largest absolute Gasteiger partial charge is 0.433 e. The first-order valence-electron chi connectivity index (χ1n) is 5.19. The van der Waals surface area contributed by atoms with Crippen molar-refractivity contribution < 1.29 is 9.34 Å². The number of hydrogen-bond acceptors (Lipinski definition) is 6. The van der Waals surface area contributed by atoms with Crippen molar-refractivity contribution in [3.8, 4) is 11.6 Å². The molecule has 0 atom stereocenters. The van der Waals surface area contributed by atoms with Gasteiger partial charge in [-0.05, 0) is 24.6 Å².